The van der Waals surface area contributed by atoms with Crippen molar-refractivity contribution in [1.29, 1.82) is 0 Å². The van der Waals surface area contributed by atoms with Gasteiger partial charge in [-0.3, -0.25) is 9.52 Å². The summed E-state index contributed by atoms with van der Waals surface area (Å²) in [4.78, 5) is 12.2. The second-order valence-electron chi connectivity index (χ2n) is 6.72. The van der Waals surface area contributed by atoms with Gasteiger partial charge in [0.1, 0.15) is 0 Å². The summed E-state index contributed by atoms with van der Waals surface area (Å²) in [7, 11) is -3.86. The van der Waals surface area contributed by atoms with Crippen LogP contribution in [0.25, 0.3) is 0 Å². The average Bonchev–Trinajstić information content (AvgIpc) is 2.68. The fourth-order valence-corrected chi connectivity index (χ4v) is 4.11. The molecule has 3 aromatic rings. The van der Waals surface area contributed by atoms with Gasteiger partial charge in [-0.2, -0.15) is 0 Å². The fourth-order valence-electron chi connectivity index (χ4n) is 2.79. The Labute approximate surface area is 174 Å². The topological polar surface area (TPSA) is 84.5 Å². The van der Waals surface area contributed by atoms with Gasteiger partial charge in [0, 0.05) is 11.4 Å². The number of halogens is 1. The first-order valence-corrected chi connectivity index (χ1v) is 10.6. The van der Waals surface area contributed by atoms with Crippen molar-refractivity contribution in [3.8, 4) is 5.75 Å². The molecule has 0 saturated carbocycles. The average molecular weight is 428 g/mol. The number of hydrogen-bond acceptors (Lipinski definition) is 4. The molecule has 156 valence electrons. The zero-order valence-corrected chi connectivity index (χ0v) is 17.3. The highest BCUT2D eigenvalue weighted by Gasteiger charge is 2.18. The second-order valence-corrected chi connectivity index (χ2v) is 8.37. The van der Waals surface area contributed by atoms with Crippen LogP contribution in [0.1, 0.15) is 11.1 Å². The predicted molar refractivity (Wildman–Crippen MR) is 114 cm³/mol. The Bertz CT molecular complexity index is 1180. The summed E-state index contributed by atoms with van der Waals surface area (Å²) >= 11 is 0. The van der Waals surface area contributed by atoms with Crippen molar-refractivity contribution in [2.75, 3.05) is 16.6 Å². The molecule has 0 radical (unpaired) electrons. The molecule has 0 aliphatic carbocycles. The number of sulfonamides is 1. The maximum absolute atomic E-state index is 13.6. The molecule has 0 aliphatic heterocycles. The minimum Gasteiger partial charge on any atom is -0.481 e. The number of para-hydroxylation sites is 1. The van der Waals surface area contributed by atoms with Gasteiger partial charge in [-0.1, -0.05) is 30.3 Å². The standard InChI is InChI=1S/C22H21FN2O4S/c1-15-6-5-7-18(12-15)25-30(27,28)21-13-17(11-10-16(21)2)24-22(26)14-29-20-9-4-3-8-19(20)23/h3-13,25H,14H2,1-2H3,(H,24,26). The van der Waals surface area contributed by atoms with Crippen LogP contribution < -0.4 is 14.8 Å². The molecule has 0 spiro atoms. The van der Waals surface area contributed by atoms with Gasteiger partial charge in [0.05, 0.1) is 4.90 Å². The molecule has 0 saturated heterocycles. The molecule has 0 aliphatic rings. The van der Waals surface area contributed by atoms with Gasteiger partial charge in [0.2, 0.25) is 0 Å². The Hall–Kier alpha value is -3.39. The summed E-state index contributed by atoms with van der Waals surface area (Å²) in [5.41, 5.74) is 2.17. The van der Waals surface area contributed by atoms with Gasteiger partial charge in [-0.05, 0) is 61.4 Å². The largest absolute Gasteiger partial charge is 0.481 e. The van der Waals surface area contributed by atoms with Crippen molar-refractivity contribution in [3.05, 3.63) is 83.7 Å². The van der Waals surface area contributed by atoms with E-state index >= 15 is 0 Å². The van der Waals surface area contributed by atoms with E-state index in [4.69, 9.17) is 4.74 Å². The highest BCUT2D eigenvalue weighted by molar-refractivity contribution is 7.92. The lowest BCUT2D eigenvalue weighted by molar-refractivity contribution is -0.118. The first-order chi connectivity index (χ1) is 14.2. The van der Waals surface area contributed by atoms with Crippen LogP contribution in [0.5, 0.6) is 5.75 Å². The van der Waals surface area contributed by atoms with Crippen molar-refractivity contribution in [1.82, 2.24) is 0 Å². The molecule has 0 fully saturated rings. The molecule has 0 atom stereocenters. The van der Waals surface area contributed by atoms with E-state index in [1.54, 1.807) is 43.3 Å². The van der Waals surface area contributed by atoms with E-state index in [9.17, 15) is 17.6 Å². The molecular weight excluding hydrogens is 407 g/mol. The van der Waals surface area contributed by atoms with Gasteiger partial charge >= 0.3 is 0 Å². The van der Waals surface area contributed by atoms with Gasteiger partial charge < -0.3 is 10.1 Å². The molecule has 3 aromatic carbocycles. The number of carbonyl (C=O) groups excluding carboxylic acids is 1. The first-order valence-electron chi connectivity index (χ1n) is 9.12. The summed E-state index contributed by atoms with van der Waals surface area (Å²) in [5.74, 6) is -1.16. The predicted octanol–water partition coefficient (Wildman–Crippen LogP) is 4.26. The number of aryl methyl sites for hydroxylation is 2. The SMILES string of the molecule is Cc1cccc(NS(=O)(=O)c2cc(NC(=O)COc3ccccc3F)ccc2C)c1. The monoisotopic (exact) mass is 428 g/mol. The number of rotatable bonds is 7. The lowest BCUT2D eigenvalue weighted by Crippen LogP contribution is -2.21. The van der Waals surface area contributed by atoms with Gasteiger partial charge in [0.15, 0.2) is 18.2 Å². The summed E-state index contributed by atoms with van der Waals surface area (Å²) in [6, 6.07) is 17.3. The normalized spacial score (nSPS) is 11.0. The maximum Gasteiger partial charge on any atom is 0.262 e. The van der Waals surface area contributed by atoms with Crippen molar-refractivity contribution >= 4 is 27.3 Å². The molecule has 30 heavy (non-hydrogen) atoms. The second kappa shape index (κ2) is 8.96. The third kappa shape index (κ3) is 5.36. The van der Waals surface area contributed by atoms with E-state index in [1.165, 1.54) is 24.3 Å². The molecule has 3 rings (SSSR count). The minimum absolute atomic E-state index is 0.0387. The Morgan fingerprint density at radius 3 is 2.47 bits per heavy atom. The van der Waals surface area contributed by atoms with E-state index < -0.39 is 28.4 Å². The first kappa shape index (κ1) is 21.3. The number of hydrogen-bond donors (Lipinski definition) is 2. The molecule has 0 aromatic heterocycles. The van der Waals surface area contributed by atoms with Crippen LogP contribution in [0.4, 0.5) is 15.8 Å². The highest BCUT2D eigenvalue weighted by Crippen LogP contribution is 2.23. The molecule has 6 nitrogen and oxygen atoms in total. The number of carbonyl (C=O) groups is 1. The quantitative estimate of drug-likeness (QED) is 0.589. The van der Waals surface area contributed by atoms with E-state index in [-0.39, 0.29) is 16.3 Å². The van der Waals surface area contributed by atoms with E-state index in [1.807, 2.05) is 13.0 Å². The third-order valence-corrected chi connectivity index (χ3v) is 5.75. The van der Waals surface area contributed by atoms with Crippen LogP contribution in [0.3, 0.4) is 0 Å². The molecule has 2 N–H and O–H groups in total. The van der Waals surface area contributed by atoms with Crippen LogP contribution in [-0.2, 0) is 14.8 Å². The number of benzene rings is 3. The van der Waals surface area contributed by atoms with Crippen LogP contribution in [-0.4, -0.2) is 20.9 Å². The molecule has 8 heteroatoms. The minimum atomic E-state index is -3.86. The molecule has 0 bridgehead atoms. The zero-order chi connectivity index (χ0) is 21.7. The lowest BCUT2D eigenvalue weighted by Gasteiger charge is -2.13. The van der Waals surface area contributed by atoms with Crippen LogP contribution in [0.2, 0.25) is 0 Å². The van der Waals surface area contributed by atoms with Crippen molar-refractivity contribution in [2.24, 2.45) is 0 Å². The Balaban J connectivity index is 1.72. The van der Waals surface area contributed by atoms with Crippen LogP contribution in [0, 0.1) is 19.7 Å². The summed E-state index contributed by atoms with van der Waals surface area (Å²) < 4.78 is 46.9. The van der Waals surface area contributed by atoms with Crippen LogP contribution in [0.15, 0.2) is 71.6 Å². The Kier molecular flexibility index (Phi) is 6.37. The highest BCUT2D eigenvalue weighted by atomic mass is 32.2. The fraction of sp³-hybridized carbons (Fsp3) is 0.136. The number of ether oxygens (including phenoxy) is 1. The van der Waals surface area contributed by atoms with Crippen molar-refractivity contribution < 1.29 is 22.3 Å². The number of nitrogens with one attached hydrogen (secondary N) is 2. The van der Waals surface area contributed by atoms with Gasteiger partial charge in [0.25, 0.3) is 15.9 Å². The molecule has 1 amide bonds. The van der Waals surface area contributed by atoms with Crippen molar-refractivity contribution in [2.45, 2.75) is 18.7 Å². The molecule has 0 heterocycles. The van der Waals surface area contributed by atoms with E-state index in [2.05, 4.69) is 10.0 Å². The lowest BCUT2D eigenvalue weighted by atomic mass is 10.2. The maximum atomic E-state index is 13.6. The summed E-state index contributed by atoms with van der Waals surface area (Å²) in [6.07, 6.45) is 0. The Morgan fingerprint density at radius 2 is 1.73 bits per heavy atom. The Morgan fingerprint density at radius 1 is 0.967 bits per heavy atom. The zero-order valence-electron chi connectivity index (χ0n) is 16.5. The number of anilines is 2. The van der Waals surface area contributed by atoms with Crippen LogP contribution >= 0.6 is 0 Å². The van der Waals surface area contributed by atoms with Gasteiger partial charge in [-0.15, -0.1) is 0 Å². The smallest absolute Gasteiger partial charge is 0.262 e. The van der Waals surface area contributed by atoms with E-state index in [0.29, 0.717) is 11.3 Å². The molecule has 0 unspecified atom stereocenters. The number of amides is 1. The summed E-state index contributed by atoms with van der Waals surface area (Å²) in [5, 5.41) is 2.57. The van der Waals surface area contributed by atoms with Crippen molar-refractivity contribution in [3.63, 3.8) is 0 Å². The van der Waals surface area contributed by atoms with E-state index in [0.717, 1.165) is 5.56 Å². The molecular formula is C22H21FN2O4S. The van der Waals surface area contributed by atoms with Gasteiger partial charge in [-0.25, -0.2) is 12.8 Å². The summed E-state index contributed by atoms with van der Waals surface area (Å²) in [6.45, 7) is 3.11. The third-order valence-electron chi connectivity index (χ3n) is 4.23.